The summed E-state index contributed by atoms with van der Waals surface area (Å²) in [4.78, 5) is 13.7. The number of halogens is 1. The molecule has 0 N–H and O–H groups in total. The van der Waals surface area contributed by atoms with E-state index in [1.165, 1.54) is 6.07 Å². The summed E-state index contributed by atoms with van der Waals surface area (Å²) in [5.41, 5.74) is 1.58. The molecule has 0 spiro atoms. The van der Waals surface area contributed by atoms with Crippen LogP contribution in [0.5, 0.6) is 0 Å². The first-order valence-electron chi connectivity index (χ1n) is 7.49. The second-order valence-corrected chi connectivity index (χ2v) is 6.92. The quantitative estimate of drug-likeness (QED) is 0.801. The number of carbonyl (C=O) groups is 1. The van der Waals surface area contributed by atoms with Gasteiger partial charge in [-0.15, -0.1) is 0 Å². The van der Waals surface area contributed by atoms with Crippen LogP contribution in [0.15, 0.2) is 24.4 Å². The van der Waals surface area contributed by atoms with E-state index in [2.05, 4.69) is 4.57 Å². The summed E-state index contributed by atoms with van der Waals surface area (Å²) in [6, 6.07) is 5.05. The average molecular weight is 304 g/mol. The van der Waals surface area contributed by atoms with Gasteiger partial charge in [0.2, 0.25) is 0 Å². The molecule has 1 amide bonds. The number of likely N-dealkylation sites (tertiary alicyclic amines) is 1. The van der Waals surface area contributed by atoms with Crippen LogP contribution >= 0.6 is 0 Å². The molecule has 0 unspecified atom stereocenters. The van der Waals surface area contributed by atoms with Crippen LogP contribution in [0.1, 0.15) is 32.4 Å². The standard InChI is InChI=1S/C17H21FN2O2/c1-11-8-20(15-6-5-12(18)7-14(11)15)13-9-19(10-13)16(21)22-17(2,3)4/h5-8,13H,9-10H2,1-4H3. The number of carbonyl (C=O) groups excluding carboxylic acids is 1. The van der Waals surface area contributed by atoms with Crippen molar-refractivity contribution in [2.75, 3.05) is 13.1 Å². The zero-order valence-electron chi connectivity index (χ0n) is 13.4. The highest BCUT2D eigenvalue weighted by Crippen LogP contribution is 2.30. The third kappa shape index (κ3) is 2.67. The average Bonchev–Trinajstić information content (AvgIpc) is 2.62. The topological polar surface area (TPSA) is 34.5 Å². The maximum atomic E-state index is 13.4. The van der Waals surface area contributed by atoms with E-state index >= 15 is 0 Å². The van der Waals surface area contributed by atoms with Gasteiger partial charge in [0, 0.05) is 30.2 Å². The van der Waals surface area contributed by atoms with Gasteiger partial charge in [-0.25, -0.2) is 9.18 Å². The number of aromatic nitrogens is 1. The van der Waals surface area contributed by atoms with Crippen molar-refractivity contribution in [3.63, 3.8) is 0 Å². The van der Waals surface area contributed by atoms with Gasteiger partial charge in [-0.3, -0.25) is 0 Å². The maximum absolute atomic E-state index is 13.4. The smallest absolute Gasteiger partial charge is 0.410 e. The number of benzene rings is 1. The SMILES string of the molecule is Cc1cn(C2CN(C(=O)OC(C)(C)C)C2)c2ccc(F)cc12. The molecule has 0 radical (unpaired) electrons. The van der Waals surface area contributed by atoms with Gasteiger partial charge < -0.3 is 14.2 Å². The number of ether oxygens (including phenoxy) is 1. The number of rotatable bonds is 1. The lowest BCUT2D eigenvalue weighted by Gasteiger charge is -2.40. The minimum absolute atomic E-state index is 0.217. The van der Waals surface area contributed by atoms with Crippen LogP contribution in [-0.2, 0) is 4.74 Å². The fourth-order valence-corrected chi connectivity index (χ4v) is 2.81. The monoisotopic (exact) mass is 304 g/mol. The van der Waals surface area contributed by atoms with Crippen LogP contribution in [0.2, 0.25) is 0 Å². The van der Waals surface area contributed by atoms with Crippen molar-refractivity contribution in [3.05, 3.63) is 35.8 Å². The van der Waals surface area contributed by atoms with Gasteiger partial charge in [0.15, 0.2) is 0 Å². The molecule has 3 rings (SSSR count). The molecular formula is C17H21FN2O2. The molecule has 1 aliphatic heterocycles. The summed E-state index contributed by atoms with van der Waals surface area (Å²) in [5.74, 6) is -0.225. The Morgan fingerprint density at radius 2 is 2.00 bits per heavy atom. The van der Waals surface area contributed by atoms with Gasteiger partial charge in [-0.2, -0.15) is 0 Å². The minimum Gasteiger partial charge on any atom is -0.444 e. The molecular weight excluding hydrogens is 283 g/mol. The lowest BCUT2D eigenvalue weighted by molar-refractivity contribution is 0.00157. The molecule has 2 aromatic rings. The first-order valence-corrected chi connectivity index (χ1v) is 7.49. The molecule has 2 heterocycles. The van der Waals surface area contributed by atoms with E-state index in [0.29, 0.717) is 13.1 Å². The molecule has 4 nitrogen and oxygen atoms in total. The number of hydrogen-bond donors (Lipinski definition) is 0. The van der Waals surface area contributed by atoms with Crippen molar-refractivity contribution < 1.29 is 13.9 Å². The first kappa shape index (κ1) is 14.9. The molecule has 1 aliphatic rings. The third-order valence-corrected chi connectivity index (χ3v) is 3.90. The summed E-state index contributed by atoms with van der Waals surface area (Å²) in [7, 11) is 0. The second-order valence-electron chi connectivity index (χ2n) is 6.92. The van der Waals surface area contributed by atoms with E-state index in [0.717, 1.165) is 16.5 Å². The molecule has 22 heavy (non-hydrogen) atoms. The molecule has 0 aliphatic carbocycles. The molecule has 118 valence electrons. The Hall–Kier alpha value is -2.04. The van der Waals surface area contributed by atoms with Crippen molar-refractivity contribution in [2.45, 2.75) is 39.3 Å². The fraction of sp³-hybridized carbons (Fsp3) is 0.471. The number of aryl methyl sites for hydroxylation is 1. The number of fused-ring (bicyclic) bond motifs is 1. The molecule has 1 aromatic heterocycles. The van der Waals surface area contributed by atoms with Crippen LogP contribution in [-0.4, -0.2) is 34.3 Å². The van der Waals surface area contributed by atoms with E-state index in [4.69, 9.17) is 4.74 Å². The fourth-order valence-electron chi connectivity index (χ4n) is 2.81. The maximum Gasteiger partial charge on any atom is 0.410 e. The lowest BCUT2D eigenvalue weighted by Crippen LogP contribution is -2.52. The van der Waals surface area contributed by atoms with E-state index in [-0.39, 0.29) is 18.0 Å². The van der Waals surface area contributed by atoms with Crippen LogP contribution in [0, 0.1) is 12.7 Å². The van der Waals surface area contributed by atoms with Crippen LogP contribution in [0.25, 0.3) is 10.9 Å². The summed E-state index contributed by atoms with van der Waals surface area (Å²) in [6.07, 6.45) is 1.75. The Kier molecular flexibility index (Phi) is 3.38. The minimum atomic E-state index is -0.476. The van der Waals surface area contributed by atoms with Gasteiger partial charge in [0.25, 0.3) is 0 Å². The van der Waals surface area contributed by atoms with Crippen molar-refractivity contribution in [2.24, 2.45) is 0 Å². The second kappa shape index (κ2) is 5.00. The summed E-state index contributed by atoms with van der Waals surface area (Å²) < 4.78 is 20.9. The van der Waals surface area contributed by atoms with Gasteiger partial charge in [-0.1, -0.05) is 0 Å². The Balaban J connectivity index is 1.75. The predicted octanol–water partition coefficient (Wildman–Crippen LogP) is 3.88. The van der Waals surface area contributed by atoms with Gasteiger partial charge in [-0.05, 0) is 51.5 Å². The Labute approximate surface area is 129 Å². The van der Waals surface area contributed by atoms with Crippen molar-refractivity contribution in [1.82, 2.24) is 9.47 Å². The normalized spacial score (nSPS) is 16.0. The van der Waals surface area contributed by atoms with Crippen molar-refractivity contribution in [3.8, 4) is 0 Å². The number of nitrogens with zero attached hydrogens (tertiary/aromatic N) is 2. The molecule has 0 atom stereocenters. The summed E-state index contributed by atoms with van der Waals surface area (Å²) in [5, 5.41) is 0.927. The molecule has 0 saturated carbocycles. The molecule has 1 saturated heterocycles. The van der Waals surface area contributed by atoms with Crippen molar-refractivity contribution >= 4 is 17.0 Å². The molecule has 1 aromatic carbocycles. The summed E-state index contributed by atoms with van der Waals surface area (Å²) in [6.45, 7) is 8.80. The van der Waals surface area contributed by atoms with E-state index in [1.807, 2.05) is 33.9 Å². The zero-order chi connectivity index (χ0) is 16.1. The van der Waals surface area contributed by atoms with Gasteiger partial charge in [0.05, 0.1) is 6.04 Å². The van der Waals surface area contributed by atoms with E-state index in [9.17, 15) is 9.18 Å². The molecule has 5 heteroatoms. The van der Waals surface area contributed by atoms with Crippen molar-refractivity contribution in [1.29, 1.82) is 0 Å². The highest BCUT2D eigenvalue weighted by atomic mass is 19.1. The van der Waals surface area contributed by atoms with E-state index in [1.54, 1.807) is 17.0 Å². The lowest BCUT2D eigenvalue weighted by atomic mass is 10.1. The van der Waals surface area contributed by atoms with Crippen LogP contribution in [0.3, 0.4) is 0 Å². The van der Waals surface area contributed by atoms with E-state index < -0.39 is 5.60 Å². The van der Waals surface area contributed by atoms with Crippen LogP contribution in [0.4, 0.5) is 9.18 Å². The highest BCUT2D eigenvalue weighted by Gasteiger charge is 2.35. The highest BCUT2D eigenvalue weighted by molar-refractivity contribution is 5.84. The van der Waals surface area contributed by atoms with Crippen LogP contribution < -0.4 is 0 Å². The molecule has 1 fully saturated rings. The number of hydrogen-bond acceptors (Lipinski definition) is 2. The largest absolute Gasteiger partial charge is 0.444 e. The van der Waals surface area contributed by atoms with Gasteiger partial charge >= 0.3 is 6.09 Å². The Morgan fingerprint density at radius 3 is 2.64 bits per heavy atom. The zero-order valence-corrected chi connectivity index (χ0v) is 13.4. The summed E-state index contributed by atoms with van der Waals surface area (Å²) >= 11 is 0. The van der Waals surface area contributed by atoms with Gasteiger partial charge in [0.1, 0.15) is 11.4 Å². The third-order valence-electron chi connectivity index (χ3n) is 3.90. The first-order chi connectivity index (χ1) is 10.2. The Morgan fingerprint density at radius 1 is 1.32 bits per heavy atom. The predicted molar refractivity (Wildman–Crippen MR) is 83.5 cm³/mol. The Bertz CT molecular complexity index is 724. The number of amides is 1. The molecule has 0 bridgehead atoms.